The van der Waals surface area contributed by atoms with Crippen molar-refractivity contribution in [3.8, 4) is 0 Å². The van der Waals surface area contributed by atoms with E-state index in [9.17, 15) is 0 Å². The van der Waals surface area contributed by atoms with Crippen molar-refractivity contribution in [2.75, 3.05) is 6.61 Å². The van der Waals surface area contributed by atoms with Crippen LogP contribution >= 0.6 is 35.2 Å². The molecule has 104 valence electrons. The Hall–Kier alpha value is -1.27. The summed E-state index contributed by atoms with van der Waals surface area (Å²) >= 11 is 12.3. The van der Waals surface area contributed by atoms with Crippen LogP contribution in [0, 0.1) is 3.95 Å². The number of aliphatic hydroxyl groups is 1. The molecule has 0 bridgehead atoms. The van der Waals surface area contributed by atoms with E-state index in [-0.39, 0.29) is 6.61 Å². The molecule has 2 aromatic heterocycles. The molecule has 0 spiro atoms. The third-order valence-corrected chi connectivity index (χ3v) is 3.97. The predicted molar refractivity (Wildman–Crippen MR) is 85.7 cm³/mol. The number of aromatic nitrogens is 2. The first-order valence-corrected chi connectivity index (χ1v) is 7.62. The van der Waals surface area contributed by atoms with E-state index in [1.165, 1.54) is 0 Å². The lowest BCUT2D eigenvalue weighted by atomic mass is 10.3. The number of aliphatic hydroxyl groups excluding tert-OH is 1. The van der Waals surface area contributed by atoms with Crippen LogP contribution in [-0.2, 0) is 6.54 Å². The van der Waals surface area contributed by atoms with E-state index in [1.807, 2.05) is 53.4 Å². The fourth-order valence-corrected chi connectivity index (χ4v) is 2.89. The van der Waals surface area contributed by atoms with Gasteiger partial charge in [0.1, 0.15) is 6.61 Å². The number of rotatable bonds is 2. The van der Waals surface area contributed by atoms with E-state index in [0.717, 1.165) is 19.2 Å². The Morgan fingerprint density at radius 1 is 1.25 bits per heavy atom. The molecule has 0 aliphatic rings. The molecular formula is C14H14ClN2OS2+. The highest BCUT2D eigenvalue weighted by atomic mass is 35.5. The van der Waals surface area contributed by atoms with Gasteiger partial charge in [-0.15, -0.1) is 11.3 Å². The van der Waals surface area contributed by atoms with Crippen molar-refractivity contribution < 1.29 is 9.67 Å². The number of benzene rings is 1. The van der Waals surface area contributed by atoms with Crippen molar-refractivity contribution in [1.29, 1.82) is 0 Å². The number of hydrogen-bond donors (Lipinski definition) is 2. The van der Waals surface area contributed by atoms with Gasteiger partial charge in [0.15, 0.2) is 22.9 Å². The number of pyridine rings is 1. The smallest absolute Gasteiger partial charge is 0.171 e. The van der Waals surface area contributed by atoms with Crippen molar-refractivity contribution in [3.05, 3.63) is 57.8 Å². The zero-order valence-corrected chi connectivity index (χ0v) is 13.0. The lowest BCUT2D eigenvalue weighted by molar-refractivity contribution is -0.698. The summed E-state index contributed by atoms with van der Waals surface area (Å²) in [5, 5.41) is 9.24. The minimum absolute atomic E-state index is 0.203. The van der Waals surface area contributed by atoms with E-state index >= 15 is 0 Å². The predicted octanol–water partition coefficient (Wildman–Crippen LogP) is 3.58. The van der Waals surface area contributed by atoms with E-state index in [1.54, 1.807) is 11.3 Å². The number of fused-ring (bicyclic) bond motifs is 1. The molecular weight excluding hydrogens is 312 g/mol. The Bertz CT molecular complexity index is 725. The first-order chi connectivity index (χ1) is 9.69. The number of aromatic amines is 1. The van der Waals surface area contributed by atoms with Gasteiger partial charge < -0.3 is 10.1 Å². The largest absolute Gasteiger partial charge is 0.390 e. The van der Waals surface area contributed by atoms with E-state index in [2.05, 4.69) is 4.98 Å². The second-order valence-corrected chi connectivity index (χ2v) is 6.15. The highest BCUT2D eigenvalue weighted by molar-refractivity contribution is 7.73. The van der Waals surface area contributed by atoms with Crippen LogP contribution in [0.5, 0.6) is 0 Å². The van der Waals surface area contributed by atoms with E-state index < -0.39 is 0 Å². The molecule has 3 nitrogen and oxygen atoms in total. The Morgan fingerprint density at radius 2 is 2.00 bits per heavy atom. The van der Waals surface area contributed by atoms with Crippen molar-refractivity contribution in [1.82, 2.24) is 4.98 Å². The van der Waals surface area contributed by atoms with Gasteiger partial charge in [-0.2, -0.15) is 0 Å². The average Bonchev–Trinajstić information content (AvgIpc) is 2.80. The summed E-state index contributed by atoms with van der Waals surface area (Å²) in [7, 11) is 0. The molecule has 0 radical (unpaired) electrons. The van der Waals surface area contributed by atoms with Gasteiger partial charge in [0, 0.05) is 17.2 Å². The molecule has 0 fully saturated rings. The molecule has 6 heteroatoms. The van der Waals surface area contributed by atoms with Gasteiger partial charge in [0.25, 0.3) is 0 Å². The molecule has 0 aliphatic carbocycles. The summed E-state index contributed by atoms with van der Waals surface area (Å²) in [4.78, 5) is 3.05. The van der Waals surface area contributed by atoms with E-state index in [0.29, 0.717) is 6.54 Å². The van der Waals surface area contributed by atoms with Gasteiger partial charge in [-0.25, -0.2) is 4.57 Å². The van der Waals surface area contributed by atoms with Gasteiger partial charge in [-0.05, 0) is 30.4 Å². The summed E-state index contributed by atoms with van der Waals surface area (Å²) in [6, 6.07) is 11.5. The second kappa shape index (κ2) is 7.50. The fourth-order valence-electron chi connectivity index (χ4n) is 1.62. The first kappa shape index (κ1) is 15.1. The third kappa shape index (κ3) is 4.38. The van der Waals surface area contributed by atoms with Crippen molar-refractivity contribution in [2.45, 2.75) is 6.54 Å². The standard InChI is InChI=1S/C7H4ClNS2.C7H10NO/c8-4-1-2-6-5(3-4)9-7(10)11-6;9-7-6-8-4-2-1-3-5-8/h1-3H,(H,9,10);1-5,9H,6-7H2/q;+1. The SMILES string of the molecule is OCC[n+]1ccccc1.S=c1[nH]c2cc(Cl)ccc2s1. The Morgan fingerprint density at radius 3 is 2.70 bits per heavy atom. The molecule has 0 saturated heterocycles. The lowest BCUT2D eigenvalue weighted by Gasteiger charge is -1.88. The van der Waals surface area contributed by atoms with Gasteiger partial charge in [-0.3, -0.25) is 0 Å². The quantitative estimate of drug-likeness (QED) is 0.558. The zero-order valence-electron chi connectivity index (χ0n) is 10.6. The molecule has 0 amide bonds. The molecule has 3 aromatic rings. The van der Waals surface area contributed by atoms with Crippen LogP contribution in [0.15, 0.2) is 48.8 Å². The molecule has 2 N–H and O–H groups in total. The summed E-state index contributed by atoms with van der Waals surface area (Å²) in [6.45, 7) is 0.884. The molecule has 2 heterocycles. The van der Waals surface area contributed by atoms with Gasteiger partial charge in [0.05, 0.1) is 10.2 Å². The highest BCUT2D eigenvalue weighted by Crippen LogP contribution is 2.22. The molecule has 1 aromatic carbocycles. The molecule has 0 saturated carbocycles. The van der Waals surface area contributed by atoms with Gasteiger partial charge >= 0.3 is 0 Å². The number of nitrogens with one attached hydrogen (secondary N) is 1. The van der Waals surface area contributed by atoms with Crippen LogP contribution in [0.3, 0.4) is 0 Å². The summed E-state index contributed by atoms with van der Waals surface area (Å²) in [6.07, 6.45) is 3.85. The van der Waals surface area contributed by atoms with Crippen LogP contribution in [0.4, 0.5) is 0 Å². The Kier molecular flexibility index (Phi) is 5.67. The Balaban J connectivity index is 0.000000151. The average molecular weight is 326 g/mol. The van der Waals surface area contributed by atoms with Crippen LogP contribution in [0.25, 0.3) is 10.2 Å². The number of H-pyrrole nitrogens is 1. The van der Waals surface area contributed by atoms with E-state index in [4.69, 9.17) is 28.9 Å². The normalized spacial score (nSPS) is 10.1. The molecule has 0 atom stereocenters. The summed E-state index contributed by atoms with van der Waals surface area (Å²) in [5.74, 6) is 0. The highest BCUT2D eigenvalue weighted by Gasteiger charge is 1.96. The minimum Gasteiger partial charge on any atom is -0.390 e. The molecule has 0 unspecified atom stereocenters. The maximum atomic E-state index is 8.50. The van der Waals surface area contributed by atoms with Gasteiger partial charge in [0.2, 0.25) is 0 Å². The maximum absolute atomic E-state index is 8.50. The maximum Gasteiger partial charge on any atom is 0.171 e. The first-order valence-electron chi connectivity index (χ1n) is 6.02. The number of halogens is 1. The fraction of sp³-hybridized carbons (Fsp3) is 0.143. The lowest BCUT2D eigenvalue weighted by Crippen LogP contribution is -2.33. The monoisotopic (exact) mass is 325 g/mol. The minimum atomic E-state index is 0.203. The molecule has 0 aliphatic heterocycles. The third-order valence-electron chi connectivity index (χ3n) is 2.52. The van der Waals surface area contributed by atoms with Gasteiger partial charge in [-0.1, -0.05) is 17.7 Å². The van der Waals surface area contributed by atoms with Crippen molar-refractivity contribution in [3.63, 3.8) is 0 Å². The Labute approximate surface area is 131 Å². The molecule has 20 heavy (non-hydrogen) atoms. The van der Waals surface area contributed by atoms with Crippen LogP contribution in [0.2, 0.25) is 5.02 Å². The van der Waals surface area contributed by atoms with Crippen molar-refractivity contribution >= 4 is 45.4 Å². The number of hydrogen-bond acceptors (Lipinski definition) is 3. The zero-order chi connectivity index (χ0) is 14.4. The van der Waals surface area contributed by atoms with Crippen LogP contribution in [0.1, 0.15) is 0 Å². The summed E-state index contributed by atoms with van der Waals surface area (Å²) in [5.41, 5.74) is 1.02. The summed E-state index contributed by atoms with van der Waals surface area (Å²) < 4.78 is 3.88. The second-order valence-electron chi connectivity index (χ2n) is 3.99. The molecule has 3 rings (SSSR count). The number of thiazole rings is 1. The van der Waals surface area contributed by atoms with Crippen LogP contribution in [-0.4, -0.2) is 16.7 Å². The topological polar surface area (TPSA) is 39.9 Å². The number of nitrogens with zero attached hydrogens (tertiary/aromatic N) is 1. The van der Waals surface area contributed by atoms with Crippen LogP contribution < -0.4 is 4.57 Å². The van der Waals surface area contributed by atoms with Crippen molar-refractivity contribution in [2.24, 2.45) is 0 Å².